The highest BCUT2D eigenvalue weighted by atomic mass is 79.9. The second kappa shape index (κ2) is 4.50. The van der Waals surface area contributed by atoms with Crippen LogP contribution >= 0.6 is 15.9 Å². The first-order chi connectivity index (χ1) is 6.50. The number of alkyl halides is 2. The van der Waals surface area contributed by atoms with Crippen molar-refractivity contribution < 1.29 is 18.7 Å². The molecule has 0 aliphatic carbocycles. The van der Waals surface area contributed by atoms with E-state index in [9.17, 15) is 13.6 Å². The maximum Gasteiger partial charge on any atom is 0.307 e. The summed E-state index contributed by atoms with van der Waals surface area (Å²) in [6.45, 7) is 0. The molecule has 0 aliphatic rings. The summed E-state index contributed by atoms with van der Waals surface area (Å²) >= 11 is 3.10. The topological polar surface area (TPSA) is 37.3 Å². The van der Waals surface area contributed by atoms with Crippen molar-refractivity contribution >= 4 is 21.9 Å². The van der Waals surface area contributed by atoms with Crippen molar-refractivity contribution in [2.45, 2.75) is 12.8 Å². The van der Waals surface area contributed by atoms with Crippen molar-refractivity contribution in [2.75, 3.05) is 0 Å². The lowest BCUT2D eigenvalue weighted by Crippen LogP contribution is -2.03. The number of benzene rings is 1. The average molecular weight is 265 g/mol. The molecule has 0 saturated carbocycles. The predicted octanol–water partition coefficient (Wildman–Crippen LogP) is 3.01. The largest absolute Gasteiger partial charge is 0.481 e. The van der Waals surface area contributed by atoms with Gasteiger partial charge in [-0.3, -0.25) is 4.79 Å². The molecule has 0 aromatic heterocycles. The Morgan fingerprint density at radius 2 is 2.14 bits per heavy atom. The highest BCUT2D eigenvalue weighted by Gasteiger charge is 2.14. The van der Waals surface area contributed by atoms with E-state index in [1.807, 2.05) is 0 Å². The van der Waals surface area contributed by atoms with Gasteiger partial charge in [-0.15, -0.1) is 0 Å². The normalized spacial score (nSPS) is 10.6. The quantitative estimate of drug-likeness (QED) is 0.912. The molecule has 0 saturated heterocycles. The third-order valence-corrected chi connectivity index (χ3v) is 2.18. The van der Waals surface area contributed by atoms with Gasteiger partial charge in [-0.2, -0.15) is 0 Å². The van der Waals surface area contributed by atoms with Crippen molar-refractivity contribution in [2.24, 2.45) is 0 Å². The molecular weight excluding hydrogens is 258 g/mol. The molecule has 0 bridgehead atoms. The summed E-state index contributed by atoms with van der Waals surface area (Å²) in [5.41, 5.74) is -0.0857. The molecule has 14 heavy (non-hydrogen) atoms. The third kappa shape index (κ3) is 2.77. The van der Waals surface area contributed by atoms with Crippen molar-refractivity contribution in [3.05, 3.63) is 33.8 Å². The van der Waals surface area contributed by atoms with Gasteiger partial charge in [0.2, 0.25) is 0 Å². The number of hydrogen-bond donors (Lipinski definition) is 1. The van der Waals surface area contributed by atoms with Crippen LogP contribution in [0.3, 0.4) is 0 Å². The molecule has 0 amide bonds. The monoisotopic (exact) mass is 264 g/mol. The Morgan fingerprint density at radius 1 is 1.50 bits per heavy atom. The van der Waals surface area contributed by atoms with Crippen molar-refractivity contribution in [3.8, 4) is 0 Å². The molecule has 0 heterocycles. The van der Waals surface area contributed by atoms with Crippen LogP contribution in [0, 0.1) is 0 Å². The van der Waals surface area contributed by atoms with Gasteiger partial charge in [-0.1, -0.05) is 22.0 Å². The average Bonchev–Trinajstić information content (AvgIpc) is 2.01. The molecule has 0 fully saturated rings. The van der Waals surface area contributed by atoms with Gasteiger partial charge < -0.3 is 5.11 Å². The standard InChI is InChI=1S/C9H7BrF2O2/c10-6-1-2-7(9(11)12)5(3-6)4-8(13)14/h1-3,9H,4H2,(H,13,14). The van der Waals surface area contributed by atoms with E-state index in [1.54, 1.807) is 0 Å². The van der Waals surface area contributed by atoms with Gasteiger partial charge in [0.1, 0.15) is 0 Å². The van der Waals surface area contributed by atoms with Crippen molar-refractivity contribution in [3.63, 3.8) is 0 Å². The summed E-state index contributed by atoms with van der Waals surface area (Å²) in [4.78, 5) is 10.4. The summed E-state index contributed by atoms with van der Waals surface area (Å²) in [5.74, 6) is -1.12. The van der Waals surface area contributed by atoms with Gasteiger partial charge in [0.25, 0.3) is 6.43 Å². The zero-order chi connectivity index (χ0) is 10.7. The highest BCUT2D eigenvalue weighted by Crippen LogP contribution is 2.26. The fourth-order valence-corrected chi connectivity index (χ4v) is 1.51. The van der Waals surface area contributed by atoms with Crippen LogP contribution in [-0.2, 0) is 11.2 Å². The van der Waals surface area contributed by atoms with E-state index in [0.717, 1.165) is 0 Å². The van der Waals surface area contributed by atoms with Gasteiger partial charge in [0, 0.05) is 10.0 Å². The van der Waals surface area contributed by atoms with Crippen LogP contribution in [0.5, 0.6) is 0 Å². The minimum absolute atomic E-state index is 0.141. The summed E-state index contributed by atoms with van der Waals surface area (Å²) in [7, 11) is 0. The van der Waals surface area contributed by atoms with E-state index in [1.165, 1.54) is 18.2 Å². The number of aliphatic carboxylic acids is 1. The van der Waals surface area contributed by atoms with Gasteiger partial charge in [0.15, 0.2) is 0 Å². The maximum absolute atomic E-state index is 12.4. The first-order valence-electron chi connectivity index (χ1n) is 3.79. The molecule has 1 rings (SSSR count). The molecule has 2 nitrogen and oxygen atoms in total. The van der Waals surface area contributed by atoms with E-state index < -0.39 is 12.4 Å². The summed E-state index contributed by atoms with van der Waals surface area (Å²) in [6, 6.07) is 4.09. The van der Waals surface area contributed by atoms with Gasteiger partial charge in [-0.25, -0.2) is 8.78 Å². The summed E-state index contributed by atoms with van der Waals surface area (Å²) in [6.07, 6.45) is -3.03. The van der Waals surface area contributed by atoms with E-state index in [4.69, 9.17) is 5.11 Å². The Labute approximate surface area is 87.7 Å². The van der Waals surface area contributed by atoms with Crippen LogP contribution in [0.2, 0.25) is 0 Å². The van der Waals surface area contributed by atoms with Crippen molar-refractivity contribution in [1.29, 1.82) is 0 Å². The number of carboxylic acid groups (broad SMARTS) is 1. The predicted molar refractivity (Wildman–Crippen MR) is 50.4 cm³/mol. The fraction of sp³-hybridized carbons (Fsp3) is 0.222. The van der Waals surface area contributed by atoms with Crippen LogP contribution < -0.4 is 0 Å². The molecular formula is C9H7BrF2O2. The number of carboxylic acids is 1. The maximum atomic E-state index is 12.4. The molecule has 76 valence electrons. The molecule has 0 atom stereocenters. The first kappa shape index (κ1) is 11.1. The first-order valence-corrected chi connectivity index (χ1v) is 4.58. The zero-order valence-corrected chi connectivity index (χ0v) is 8.59. The SMILES string of the molecule is O=C(O)Cc1cc(Br)ccc1C(F)F. The molecule has 5 heteroatoms. The van der Waals surface area contributed by atoms with Gasteiger partial charge in [0.05, 0.1) is 6.42 Å². The minimum atomic E-state index is -2.64. The van der Waals surface area contributed by atoms with Crippen LogP contribution in [0.15, 0.2) is 22.7 Å². The van der Waals surface area contributed by atoms with E-state index in [0.29, 0.717) is 4.47 Å². The van der Waals surface area contributed by atoms with Crippen molar-refractivity contribution in [1.82, 2.24) is 0 Å². The van der Waals surface area contributed by atoms with Crippen LogP contribution in [0.1, 0.15) is 17.6 Å². The number of carbonyl (C=O) groups is 1. The number of hydrogen-bond acceptors (Lipinski definition) is 1. The highest BCUT2D eigenvalue weighted by molar-refractivity contribution is 9.10. The Kier molecular flexibility index (Phi) is 3.57. The lowest BCUT2D eigenvalue weighted by Gasteiger charge is -2.06. The Bertz CT molecular complexity index is 353. The molecule has 1 aromatic carbocycles. The number of rotatable bonds is 3. The molecule has 0 unspecified atom stereocenters. The second-order valence-corrected chi connectivity index (χ2v) is 3.63. The fourth-order valence-electron chi connectivity index (χ4n) is 1.10. The Balaban J connectivity index is 3.09. The minimum Gasteiger partial charge on any atom is -0.481 e. The van der Waals surface area contributed by atoms with Gasteiger partial charge >= 0.3 is 5.97 Å². The summed E-state index contributed by atoms with van der Waals surface area (Å²) < 4.78 is 25.4. The van der Waals surface area contributed by atoms with Crippen LogP contribution in [0.25, 0.3) is 0 Å². The smallest absolute Gasteiger partial charge is 0.307 e. The third-order valence-electron chi connectivity index (χ3n) is 1.68. The second-order valence-electron chi connectivity index (χ2n) is 2.71. The van der Waals surface area contributed by atoms with E-state index >= 15 is 0 Å². The molecule has 0 spiro atoms. The lowest BCUT2D eigenvalue weighted by atomic mass is 10.1. The Morgan fingerprint density at radius 3 is 2.64 bits per heavy atom. The molecule has 1 N–H and O–H groups in total. The van der Waals surface area contributed by atoms with Crippen LogP contribution in [-0.4, -0.2) is 11.1 Å². The van der Waals surface area contributed by atoms with E-state index in [2.05, 4.69) is 15.9 Å². The van der Waals surface area contributed by atoms with Gasteiger partial charge in [-0.05, 0) is 17.7 Å². The number of halogens is 3. The molecule has 0 aliphatic heterocycles. The van der Waals surface area contributed by atoms with Crippen LogP contribution in [0.4, 0.5) is 8.78 Å². The lowest BCUT2D eigenvalue weighted by molar-refractivity contribution is -0.136. The van der Waals surface area contributed by atoms with E-state index in [-0.39, 0.29) is 17.5 Å². The molecule has 1 aromatic rings. The Hall–Kier alpha value is -0.970. The zero-order valence-electron chi connectivity index (χ0n) is 7.01. The molecule has 0 radical (unpaired) electrons. The summed E-state index contributed by atoms with van der Waals surface area (Å²) in [5, 5.41) is 8.50.